The van der Waals surface area contributed by atoms with Crippen LogP contribution in [0, 0.1) is 5.92 Å². The van der Waals surface area contributed by atoms with Crippen LogP contribution in [0.3, 0.4) is 0 Å². The SMILES string of the molecule is CCCCCCCCCCC(CC)C(=O)N(CC(=O)O)C(=O)O.[KH]. The van der Waals surface area contributed by atoms with Crippen molar-refractivity contribution < 1.29 is 24.6 Å². The molecule has 0 aliphatic rings. The van der Waals surface area contributed by atoms with E-state index in [2.05, 4.69) is 6.92 Å². The van der Waals surface area contributed by atoms with Gasteiger partial charge in [0.05, 0.1) is 0 Å². The Bertz CT molecular complexity index is 376. The zero-order chi connectivity index (χ0) is 17.7. The van der Waals surface area contributed by atoms with Crippen molar-refractivity contribution in [1.82, 2.24) is 4.90 Å². The first kappa shape index (κ1) is 26.3. The number of unbranched alkanes of at least 4 members (excludes halogenated alkanes) is 7. The Kier molecular flexibility index (Phi) is 18.1. The first-order valence-electron chi connectivity index (χ1n) is 8.70. The number of hydrogen-bond donors (Lipinski definition) is 2. The molecule has 0 heterocycles. The van der Waals surface area contributed by atoms with Crippen molar-refractivity contribution in [3.05, 3.63) is 0 Å². The molecule has 0 fully saturated rings. The average Bonchev–Trinajstić information content (AvgIpc) is 2.50. The molecule has 1 atom stereocenters. The molecule has 136 valence electrons. The van der Waals surface area contributed by atoms with Gasteiger partial charge in [0.15, 0.2) is 0 Å². The van der Waals surface area contributed by atoms with Gasteiger partial charge in [0.25, 0.3) is 0 Å². The van der Waals surface area contributed by atoms with E-state index >= 15 is 0 Å². The van der Waals surface area contributed by atoms with E-state index in [1.165, 1.54) is 32.1 Å². The average molecular weight is 370 g/mol. The van der Waals surface area contributed by atoms with E-state index in [0.717, 1.165) is 19.3 Å². The Morgan fingerprint density at radius 1 is 0.875 bits per heavy atom. The first-order chi connectivity index (χ1) is 10.9. The van der Waals surface area contributed by atoms with Crippen LogP contribution in [0.1, 0.15) is 78.1 Å². The van der Waals surface area contributed by atoms with Crippen molar-refractivity contribution >= 4 is 69.4 Å². The molecule has 6 nitrogen and oxygen atoms in total. The summed E-state index contributed by atoms with van der Waals surface area (Å²) in [6, 6.07) is 0. The molecule has 7 heteroatoms. The summed E-state index contributed by atoms with van der Waals surface area (Å²) >= 11 is 0. The van der Waals surface area contributed by atoms with Gasteiger partial charge in [-0.15, -0.1) is 0 Å². The van der Waals surface area contributed by atoms with Gasteiger partial charge in [-0.1, -0.05) is 65.2 Å². The third-order valence-corrected chi connectivity index (χ3v) is 4.04. The molecule has 0 radical (unpaired) electrons. The van der Waals surface area contributed by atoms with Gasteiger partial charge < -0.3 is 10.2 Å². The number of carboxylic acids is 1. The summed E-state index contributed by atoms with van der Waals surface area (Å²) in [5.41, 5.74) is 0. The molecule has 0 saturated heterocycles. The number of carbonyl (C=O) groups excluding carboxylic acids is 1. The van der Waals surface area contributed by atoms with Crippen LogP contribution in [0.2, 0.25) is 0 Å². The molecule has 0 bridgehead atoms. The van der Waals surface area contributed by atoms with Crippen molar-refractivity contribution in [2.75, 3.05) is 6.54 Å². The maximum atomic E-state index is 12.2. The van der Waals surface area contributed by atoms with Crippen LogP contribution in [0.4, 0.5) is 4.79 Å². The number of amides is 2. The van der Waals surface area contributed by atoms with E-state index in [1.807, 2.05) is 6.92 Å². The minimum atomic E-state index is -1.49. The Morgan fingerprint density at radius 3 is 1.79 bits per heavy atom. The van der Waals surface area contributed by atoms with Crippen LogP contribution in [0.5, 0.6) is 0 Å². The Morgan fingerprint density at radius 2 is 1.38 bits per heavy atom. The minimum absolute atomic E-state index is 0. The number of nitrogens with zero attached hydrogens (tertiary/aromatic N) is 1. The van der Waals surface area contributed by atoms with Crippen molar-refractivity contribution in [3.8, 4) is 0 Å². The predicted octanol–water partition coefficient (Wildman–Crippen LogP) is 3.49. The quantitative estimate of drug-likeness (QED) is 0.383. The third-order valence-electron chi connectivity index (χ3n) is 4.04. The van der Waals surface area contributed by atoms with Gasteiger partial charge >= 0.3 is 63.4 Å². The summed E-state index contributed by atoms with van der Waals surface area (Å²) in [5, 5.41) is 17.7. The summed E-state index contributed by atoms with van der Waals surface area (Å²) in [6.45, 7) is 3.23. The zero-order valence-corrected chi connectivity index (χ0v) is 14.4. The fourth-order valence-electron chi connectivity index (χ4n) is 2.62. The topological polar surface area (TPSA) is 94.9 Å². The molecule has 0 saturated carbocycles. The van der Waals surface area contributed by atoms with E-state index < -0.39 is 30.4 Å². The summed E-state index contributed by atoms with van der Waals surface area (Å²) in [6.07, 6.45) is 8.92. The van der Waals surface area contributed by atoms with Gasteiger partial charge in [-0.2, -0.15) is 0 Å². The number of hydrogen-bond acceptors (Lipinski definition) is 3. The van der Waals surface area contributed by atoms with E-state index in [0.29, 0.717) is 17.7 Å². The molecule has 0 aromatic rings. The maximum absolute atomic E-state index is 12.2. The Balaban J connectivity index is 0. The molecule has 1 unspecified atom stereocenters. The molecule has 0 spiro atoms. The Hall–Kier alpha value is 0.0464. The Labute approximate surface area is 187 Å². The molecule has 2 amide bonds. The van der Waals surface area contributed by atoms with Gasteiger partial charge in [0.2, 0.25) is 5.91 Å². The fraction of sp³-hybridized carbons (Fsp3) is 0.824. The van der Waals surface area contributed by atoms with Crippen molar-refractivity contribution in [2.24, 2.45) is 5.92 Å². The van der Waals surface area contributed by atoms with E-state index in [1.54, 1.807) is 0 Å². The van der Waals surface area contributed by atoms with Crippen LogP contribution in [0.25, 0.3) is 0 Å². The van der Waals surface area contributed by atoms with Gasteiger partial charge in [-0.05, 0) is 12.8 Å². The van der Waals surface area contributed by atoms with Crippen LogP contribution in [0.15, 0.2) is 0 Å². The van der Waals surface area contributed by atoms with Crippen LogP contribution in [-0.4, -0.2) is 91.0 Å². The van der Waals surface area contributed by atoms with Gasteiger partial charge in [0.1, 0.15) is 6.54 Å². The van der Waals surface area contributed by atoms with Crippen molar-refractivity contribution in [3.63, 3.8) is 0 Å². The van der Waals surface area contributed by atoms with Gasteiger partial charge in [-0.3, -0.25) is 9.59 Å². The molecule has 0 aromatic carbocycles. The zero-order valence-electron chi connectivity index (χ0n) is 14.4. The molecule has 0 aliphatic carbocycles. The van der Waals surface area contributed by atoms with E-state index in [4.69, 9.17) is 10.2 Å². The second kappa shape index (κ2) is 16.5. The number of carboxylic acid groups (broad SMARTS) is 2. The molecule has 24 heavy (non-hydrogen) atoms. The van der Waals surface area contributed by atoms with Gasteiger partial charge in [-0.25, -0.2) is 9.69 Å². The number of carbonyl (C=O) groups is 3. The molecule has 2 N–H and O–H groups in total. The molecule has 0 rings (SSSR count). The van der Waals surface area contributed by atoms with E-state index in [-0.39, 0.29) is 51.4 Å². The normalized spacial score (nSPS) is 11.4. The monoisotopic (exact) mass is 369 g/mol. The molecular weight excluding hydrogens is 337 g/mol. The summed E-state index contributed by atoms with van der Waals surface area (Å²) in [4.78, 5) is 34.3. The second-order valence-corrected chi connectivity index (χ2v) is 5.97. The van der Waals surface area contributed by atoms with Crippen LogP contribution in [-0.2, 0) is 9.59 Å². The fourth-order valence-corrected chi connectivity index (χ4v) is 2.62. The number of rotatable bonds is 13. The number of aliphatic carboxylic acids is 1. The van der Waals surface area contributed by atoms with Gasteiger partial charge in [0, 0.05) is 5.92 Å². The van der Waals surface area contributed by atoms with Crippen molar-refractivity contribution in [1.29, 1.82) is 0 Å². The summed E-state index contributed by atoms with van der Waals surface area (Å²) in [5.74, 6) is -2.32. The standard InChI is InChI=1S/C17H31NO5.K.H/c1-3-5-6-7-8-9-10-11-12-14(4-2)16(21)18(17(22)23)13-15(19)20;;/h14H,3-13H2,1-2H3,(H,19,20)(H,22,23);;. The first-order valence-corrected chi connectivity index (χ1v) is 8.70. The predicted molar refractivity (Wildman–Crippen MR) is 95.5 cm³/mol. The molecule has 0 aromatic heterocycles. The van der Waals surface area contributed by atoms with Crippen LogP contribution >= 0.6 is 0 Å². The second-order valence-electron chi connectivity index (χ2n) is 5.97. The number of imide groups is 1. The van der Waals surface area contributed by atoms with E-state index in [9.17, 15) is 14.4 Å². The summed E-state index contributed by atoms with van der Waals surface area (Å²) < 4.78 is 0. The summed E-state index contributed by atoms with van der Waals surface area (Å²) in [7, 11) is 0. The van der Waals surface area contributed by atoms with Crippen molar-refractivity contribution in [2.45, 2.75) is 78.1 Å². The molecular formula is C17H32KNO5. The van der Waals surface area contributed by atoms with Crippen LogP contribution < -0.4 is 0 Å². The molecule has 0 aliphatic heterocycles. The third kappa shape index (κ3) is 12.4.